The highest BCUT2D eigenvalue weighted by Crippen LogP contribution is 2.68. The first-order valence-corrected chi connectivity index (χ1v) is 16.0. The van der Waals surface area contributed by atoms with Crippen molar-refractivity contribution in [2.75, 3.05) is 18.5 Å². The molecule has 220 valence electrons. The van der Waals surface area contributed by atoms with E-state index in [0.29, 0.717) is 18.8 Å². The van der Waals surface area contributed by atoms with E-state index in [-0.39, 0.29) is 35.5 Å². The average molecular weight is 586 g/mol. The number of nitrogens with one attached hydrogen (secondary N) is 2. The number of fused-ring (bicyclic) bond motifs is 2. The van der Waals surface area contributed by atoms with Crippen LogP contribution in [0.25, 0.3) is 10.8 Å². The third-order valence-electron chi connectivity index (χ3n) is 9.43. The Hall–Kier alpha value is -3.36. The zero-order valence-corrected chi connectivity index (χ0v) is 24.8. The molecule has 3 N–H and O–H groups in total. The van der Waals surface area contributed by atoms with Gasteiger partial charge in [-0.15, -0.1) is 11.8 Å². The number of anilines is 1. The summed E-state index contributed by atoms with van der Waals surface area (Å²) in [5, 5.41) is 17.6. The molecule has 3 aliphatic rings. The van der Waals surface area contributed by atoms with E-state index in [1.165, 1.54) is 0 Å². The first-order valence-electron chi connectivity index (χ1n) is 15.1. The molecule has 0 radical (unpaired) electrons. The number of unbranched alkanes of at least 4 members (excludes halogenated alkanes) is 3. The molecule has 6 rings (SSSR count). The Morgan fingerprint density at radius 1 is 0.952 bits per heavy atom. The summed E-state index contributed by atoms with van der Waals surface area (Å²) in [6.07, 6.45) is 4.03. The van der Waals surface area contributed by atoms with Crippen LogP contribution in [0.15, 0.2) is 72.8 Å². The van der Waals surface area contributed by atoms with E-state index >= 15 is 0 Å². The molecule has 3 aromatic carbocycles. The van der Waals surface area contributed by atoms with Crippen LogP contribution in [0.3, 0.4) is 0 Å². The first kappa shape index (κ1) is 28.7. The molecule has 0 saturated carbocycles. The number of hydrogen-bond donors (Lipinski definition) is 3. The van der Waals surface area contributed by atoms with Crippen molar-refractivity contribution in [3.63, 3.8) is 0 Å². The van der Waals surface area contributed by atoms with Crippen molar-refractivity contribution in [3.05, 3.63) is 78.4 Å². The van der Waals surface area contributed by atoms with Crippen molar-refractivity contribution in [2.24, 2.45) is 17.8 Å². The molecule has 3 aromatic rings. The van der Waals surface area contributed by atoms with E-state index in [0.717, 1.165) is 48.4 Å². The molecule has 3 saturated heterocycles. The van der Waals surface area contributed by atoms with Crippen LogP contribution < -0.4 is 10.6 Å². The van der Waals surface area contributed by atoms with E-state index in [1.54, 1.807) is 16.7 Å². The number of carbonyl (C=O) groups excluding carboxylic acids is 3. The van der Waals surface area contributed by atoms with Gasteiger partial charge in [-0.3, -0.25) is 14.4 Å². The van der Waals surface area contributed by atoms with Crippen LogP contribution >= 0.6 is 11.8 Å². The number of aliphatic hydroxyl groups is 1. The van der Waals surface area contributed by atoms with Crippen molar-refractivity contribution >= 4 is 45.9 Å². The van der Waals surface area contributed by atoms with Gasteiger partial charge in [0.25, 0.3) is 0 Å². The second-order valence-electron chi connectivity index (χ2n) is 12.0. The molecule has 0 aromatic heterocycles. The maximum absolute atomic E-state index is 14.3. The molecule has 3 amide bonds. The van der Waals surface area contributed by atoms with Crippen molar-refractivity contribution in [3.8, 4) is 0 Å². The predicted octanol–water partition coefficient (Wildman–Crippen LogP) is 4.98. The van der Waals surface area contributed by atoms with Gasteiger partial charge in [0.1, 0.15) is 6.04 Å². The summed E-state index contributed by atoms with van der Waals surface area (Å²) in [6, 6.07) is 23.0. The number of likely N-dealkylation sites (tertiary alicyclic amines) is 1. The minimum atomic E-state index is -0.656. The Morgan fingerprint density at radius 2 is 1.69 bits per heavy atom. The molecule has 2 bridgehead atoms. The van der Waals surface area contributed by atoms with Crippen molar-refractivity contribution in [1.82, 2.24) is 10.2 Å². The maximum Gasteiger partial charge on any atom is 0.248 e. The topological polar surface area (TPSA) is 98.7 Å². The van der Waals surface area contributed by atoms with Crippen LogP contribution in [0.1, 0.15) is 44.6 Å². The molecular formula is C34H39N3O4S. The number of nitrogens with zero attached hydrogens (tertiary/aromatic N) is 1. The zero-order chi connectivity index (χ0) is 29.3. The second-order valence-corrected chi connectivity index (χ2v) is 13.5. The van der Waals surface area contributed by atoms with Crippen molar-refractivity contribution in [1.29, 1.82) is 0 Å². The third kappa shape index (κ3) is 5.09. The van der Waals surface area contributed by atoms with Gasteiger partial charge in [0, 0.05) is 30.6 Å². The monoisotopic (exact) mass is 585 g/mol. The van der Waals surface area contributed by atoms with Crippen LogP contribution in [0.5, 0.6) is 0 Å². The molecule has 0 aliphatic carbocycles. The smallest absolute Gasteiger partial charge is 0.248 e. The number of hydrogen-bond acceptors (Lipinski definition) is 5. The van der Waals surface area contributed by atoms with E-state index in [4.69, 9.17) is 0 Å². The van der Waals surface area contributed by atoms with Gasteiger partial charge in [-0.2, -0.15) is 0 Å². The van der Waals surface area contributed by atoms with Gasteiger partial charge in [0.2, 0.25) is 17.7 Å². The molecular weight excluding hydrogens is 546 g/mol. The summed E-state index contributed by atoms with van der Waals surface area (Å²) in [4.78, 5) is 44.0. The molecule has 6 atom stereocenters. The molecule has 3 unspecified atom stereocenters. The number of rotatable bonds is 11. The molecule has 42 heavy (non-hydrogen) atoms. The van der Waals surface area contributed by atoms with E-state index in [1.807, 2.05) is 72.8 Å². The summed E-state index contributed by atoms with van der Waals surface area (Å²) >= 11 is 1.70. The van der Waals surface area contributed by atoms with E-state index in [9.17, 15) is 19.5 Å². The summed E-state index contributed by atoms with van der Waals surface area (Å²) in [6.45, 7) is 3.18. The van der Waals surface area contributed by atoms with Crippen LogP contribution in [0, 0.1) is 17.8 Å². The van der Waals surface area contributed by atoms with Gasteiger partial charge in [0.05, 0.1) is 16.6 Å². The van der Waals surface area contributed by atoms with Crippen LogP contribution in [-0.4, -0.2) is 56.9 Å². The number of aliphatic hydroxyl groups excluding tert-OH is 1. The fourth-order valence-corrected chi connectivity index (χ4v) is 9.91. The summed E-state index contributed by atoms with van der Waals surface area (Å²) in [5.41, 5.74) is 1.72. The lowest BCUT2D eigenvalue weighted by Crippen LogP contribution is -2.55. The lowest BCUT2D eigenvalue weighted by atomic mass is 9.66. The highest BCUT2D eigenvalue weighted by molar-refractivity contribution is 8.02. The Bertz CT molecular complexity index is 1470. The lowest BCUT2D eigenvalue weighted by molar-refractivity contribution is -0.139. The maximum atomic E-state index is 14.3. The Kier molecular flexibility index (Phi) is 8.28. The van der Waals surface area contributed by atoms with Gasteiger partial charge in [0.15, 0.2) is 0 Å². The van der Waals surface area contributed by atoms with Crippen molar-refractivity contribution in [2.45, 2.75) is 61.6 Å². The Labute approximate surface area is 251 Å². The van der Waals surface area contributed by atoms with Crippen LogP contribution in [0.2, 0.25) is 0 Å². The normalized spacial score (nSPS) is 27.8. The van der Waals surface area contributed by atoms with Crippen LogP contribution in [-0.2, 0) is 20.9 Å². The quantitative estimate of drug-likeness (QED) is 0.276. The number of amides is 3. The van der Waals surface area contributed by atoms with E-state index in [2.05, 4.69) is 17.6 Å². The number of thioether (sulfide) groups is 1. The predicted molar refractivity (Wildman–Crippen MR) is 167 cm³/mol. The second kappa shape index (κ2) is 12.1. The minimum Gasteiger partial charge on any atom is -0.396 e. The molecule has 1 spiro atoms. The van der Waals surface area contributed by atoms with Gasteiger partial charge in [-0.05, 0) is 53.6 Å². The van der Waals surface area contributed by atoms with Gasteiger partial charge >= 0.3 is 0 Å². The minimum absolute atomic E-state index is 0.00685. The zero-order valence-electron chi connectivity index (χ0n) is 24.0. The highest BCUT2D eigenvalue weighted by Gasteiger charge is 2.75. The molecule has 3 heterocycles. The third-order valence-corrected chi connectivity index (χ3v) is 11.5. The van der Waals surface area contributed by atoms with Crippen molar-refractivity contribution < 1.29 is 19.5 Å². The standard InChI is InChI=1S/C34H39N3O4S/c1-22-19-27-28(31(39)35-21-23-11-5-4-6-12-23)29-33(41)37(17-9-2-3-10-18-38)30(34(22,29)42-27)32(40)36-26-16-15-24-13-7-8-14-25(24)20-26/h4-8,11-16,20,22,27-30,38H,2-3,9-10,17-19,21H2,1H3,(H,35,39)(H,36,40)/t22?,27-,28+,29+,30?,34?/m1/s1. The molecule has 3 aliphatic heterocycles. The van der Waals surface area contributed by atoms with Gasteiger partial charge in [-0.1, -0.05) is 80.4 Å². The SMILES string of the molecule is CC1C[C@H]2SC13C(C(=O)Nc1ccc4ccccc4c1)N(CCCCCCO)C(=O)[C@@H]3[C@H]2C(=O)NCc1ccccc1. The Morgan fingerprint density at radius 3 is 2.48 bits per heavy atom. The fourth-order valence-electron chi connectivity index (χ4n) is 7.49. The molecule has 8 heteroatoms. The fraction of sp³-hybridized carbons (Fsp3) is 0.441. The lowest BCUT2D eigenvalue weighted by Gasteiger charge is -2.38. The van der Waals surface area contributed by atoms with Gasteiger partial charge in [-0.25, -0.2) is 0 Å². The van der Waals surface area contributed by atoms with Gasteiger partial charge < -0.3 is 20.6 Å². The molecule has 7 nitrogen and oxygen atoms in total. The number of benzene rings is 3. The highest BCUT2D eigenvalue weighted by atomic mass is 32.2. The number of carbonyl (C=O) groups is 3. The van der Waals surface area contributed by atoms with Crippen LogP contribution in [0.4, 0.5) is 5.69 Å². The summed E-state index contributed by atoms with van der Waals surface area (Å²) in [5.74, 6) is -1.22. The summed E-state index contributed by atoms with van der Waals surface area (Å²) < 4.78 is -0.650. The van der Waals surface area contributed by atoms with E-state index < -0.39 is 22.6 Å². The largest absolute Gasteiger partial charge is 0.396 e. The Balaban J connectivity index is 1.28. The summed E-state index contributed by atoms with van der Waals surface area (Å²) in [7, 11) is 0. The average Bonchev–Trinajstić information content (AvgIpc) is 3.59. The first-order chi connectivity index (χ1) is 20.4. The molecule has 3 fully saturated rings.